The highest BCUT2D eigenvalue weighted by atomic mass is 32.2. The number of nitrogens with zero attached hydrogens (tertiary/aromatic N) is 5. The molecule has 0 radical (unpaired) electrons. The highest BCUT2D eigenvalue weighted by Gasteiger charge is 2.54. The number of alkyl carbamates (subject to hydrolysis) is 1. The number of ether oxygens (including phenoxy) is 1. The van der Waals surface area contributed by atoms with Crippen LogP contribution < -0.4 is 16.0 Å². The van der Waals surface area contributed by atoms with E-state index in [0.717, 1.165) is 11.3 Å². The van der Waals surface area contributed by atoms with Gasteiger partial charge in [0.15, 0.2) is 15.2 Å². The minimum atomic E-state index is -1.25. The van der Waals surface area contributed by atoms with E-state index in [1.54, 1.807) is 26.3 Å². The number of carboxylic acid groups (broad SMARTS) is 1. The van der Waals surface area contributed by atoms with E-state index in [4.69, 9.17) is 9.57 Å². The zero-order valence-electron chi connectivity index (χ0n) is 22.9. The summed E-state index contributed by atoms with van der Waals surface area (Å²) in [6.07, 6.45) is -0.231. The van der Waals surface area contributed by atoms with Crippen molar-refractivity contribution in [2.75, 3.05) is 30.0 Å². The number of anilines is 1. The number of aromatic nitrogens is 3. The van der Waals surface area contributed by atoms with Crippen molar-refractivity contribution in [3.8, 4) is 0 Å². The van der Waals surface area contributed by atoms with Crippen molar-refractivity contribution >= 4 is 87.3 Å². The van der Waals surface area contributed by atoms with Gasteiger partial charge in [0.2, 0.25) is 6.41 Å². The number of rotatable bonds is 13. The molecule has 16 nitrogen and oxygen atoms in total. The summed E-state index contributed by atoms with van der Waals surface area (Å²) in [5, 5.41) is 30.0. The first-order chi connectivity index (χ1) is 20.5. The van der Waals surface area contributed by atoms with Gasteiger partial charge in [-0.25, -0.2) is 14.6 Å². The molecule has 0 aliphatic carbocycles. The number of carboxylic acids is 1. The molecule has 0 saturated carbocycles. The standard InChI is InChI=1S/C23H26N8O8S4/c1-23(2,3)39-21(37)24-4-5-38-30-13(12-8-41-20(27-12)25-9-32)16(33)28-14-17(34)31-15(19(35)36)11(6-40-18(14)31)7-42-22-29-26-10-43-22/h8-10,14,18H,4-7H2,1-3H3,(H,24,37)(H,28,33)(H,35,36)(H,25,27,32)/t14?,18-/m0/s1. The molecule has 0 bridgehead atoms. The van der Waals surface area contributed by atoms with Gasteiger partial charge in [0.1, 0.15) is 40.5 Å². The molecule has 20 heteroatoms. The van der Waals surface area contributed by atoms with E-state index < -0.39 is 40.9 Å². The number of β-lactam (4-membered cyclic amide) rings is 1. The third kappa shape index (κ3) is 8.21. The Balaban J connectivity index is 1.43. The molecule has 2 aliphatic rings. The molecule has 1 saturated heterocycles. The molecule has 4 heterocycles. The number of nitrogens with one attached hydrogen (secondary N) is 3. The van der Waals surface area contributed by atoms with Crippen LogP contribution in [0.15, 0.2) is 31.7 Å². The van der Waals surface area contributed by atoms with Crippen LogP contribution >= 0.6 is 46.2 Å². The van der Waals surface area contributed by atoms with Gasteiger partial charge in [0.25, 0.3) is 11.8 Å². The molecule has 230 valence electrons. The largest absolute Gasteiger partial charge is 0.477 e. The minimum Gasteiger partial charge on any atom is -0.477 e. The normalized spacial score (nSPS) is 18.3. The molecule has 4 rings (SSSR count). The maximum Gasteiger partial charge on any atom is 0.407 e. The Morgan fingerprint density at radius 3 is 2.77 bits per heavy atom. The first kappa shape index (κ1) is 32.2. The molecule has 2 aromatic rings. The average Bonchev–Trinajstić information content (AvgIpc) is 3.63. The second-order valence-electron chi connectivity index (χ2n) is 9.61. The van der Waals surface area contributed by atoms with Crippen LogP contribution in [0.5, 0.6) is 0 Å². The highest BCUT2D eigenvalue weighted by molar-refractivity contribution is 8.01. The first-order valence-electron chi connectivity index (χ1n) is 12.4. The molecule has 4 N–H and O–H groups in total. The maximum atomic E-state index is 13.3. The van der Waals surface area contributed by atoms with Crippen LogP contribution in [-0.2, 0) is 28.8 Å². The highest BCUT2D eigenvalue weighted by Crippen LogP contribution is 2.41. The Kier molecular flexibility index (Phi) is 10.6. The summed E-state index contributed by atoms with van der Waals surface area (Å²) in [6.45, 7) is 5.05. The van der Waals surface area contributed by atoms with Gasteiger partial charge in [0.05, 0.1) is 6.54 Å². The second-order valence-corrected chi connectivity index (χ2v) is 13.6. The third-order valence-corrected chi connectivity index (χ3v) is 9.47. The summed E-state index contributed by atoms with van der Waals surface area (Å²) < 4.78 is 5.81. The van der Waals surface area contributed by atoms with Gasteiger partial charge < -0.3 is 30.6 Å². The van der Waals surface area contributed by atoms with Gasteiger partial charge in [-0.05, 0) is 26.3 Å². The Bertz CT molecular complexity index is 1440. The van der Waals surface area contributed by atoms with Crippen LogP contribution in [0.1, 0.15) is 26.5 Å². The molecule has 0 spiro atoms. The third-order valence-electron chi connectivity index (χ3n) is 5.41. The lowest BCUT2D eigenvalue weighted by Gasteiger charge is -2.49. The lowest BCUT2D eigenvalue weighted by molar-refractivity contribution is -0.150. The number of aliphatic carboxylic acids is 1. The van der Waals surface area contributed by atoms with Gasteiger partial charge in [-0.15, -0.1) is 33.3 Å². The van der Waals surface area contributed by atoms with Crippen LogP contribution in [0, 0.1) is 0 Å². The summed E-state index contributed by atoms with van der Waals surface area (Å²) in [4.78, 5) is 71.8. The lowest BCUT2D eigenvalue weighted by atomic mass is 10.0. The zero-order valence-corrected chi connectivity index (χ0v) is 26.2. The van der Waals surface area contributed by atoms with Crippen LogP contribution in [0.4, 0.5) is 9.93 Å². The molecule has 0 aromatic carbocycles. The summed E-state index contributed by atoms with van der Waals surface area (Å²) in [5.74, 6) is -2.00. The van der Waals surface area contributed by atoms with E-state index >= 15 is 0 Å². The number of hydrogen-bond donors (Lipinski definition) is 4. The molecular formula is C23H26N8O8S4. The summed E-state index contributed by atoms with van der Waals surface area (Å²) in [7, 11) is 0. The van der Waals surface area contributed by atoms with Crippen LogP contribution in [-0.4, -0.2) is 103 Å². The van der Waals surface area contributed by atoms with E-state index in [1.807, 2.05) is 0 Å². The summed E-state index contributed by atoms with van der Waals surface area (Å²) >= 11 is 5.01. The fraction of sp³-hybridized carbons (Fsp3) is 0.435. The molecule has 4 amide bonds. The van der Waals surface area contributed by atoms with Crippen LogP contribution in [0.3, 0.4) is 0 Å². The number of thioether (sulfide) groups is 2. The Morgan fingerprint density at radius 2 is 2.09 bits per heavy atom. The number of oxime groups is 1. The Morgan fingerprint density at radius 1 is 1.30 bits per heavy atom. The topological polar surface area (TPSA) is 214 Å². The van der Waals surface area contributed by atoms with Gasteiger partial charge in [0, 0.05) is 16.9 Å². The van der Waals surface area contributed by atoms with E-state index in [-0.39, 0.29) is 35.4 Å². The minimum absolute atomic E-state index is 0.0150. The van der Waals surface area contributed by atoms with Crippen molar-refractivity contribution in [3.05, 3.63) is 27.9 Å². The van der Waals surface area contributed by atoms with E-state index in [0.29, 0.717) is 27.8 Å². The van der Waals surface area contributed by atoms with Crippen molar-refractivity contribution in [1.82, 2.24) is 30.7 Å². The van der Waals surface area contributed by atoms with Crippen molar-refractivity contribution in [1.29, 1.82) is 0 Å². The van der Waals surface area contributed by atoms with E-state index in [9.17, 15) is 29.1 Å². The summed E-state index contributed by atoms with van der Waals surface area (Å²) in [6, 6.07) is -1.03. The van der Waals surface area contributed by atoms with Crippen molar-refractivity contribution < 1.29 is 38.7 Å². The fourth-order valence-corrected chi connectivity index (χ4v) is 7.33. The monoisotopic (exact) mass is 670 g/mol. The molecule has 2 atom stereocenters. The van der Waals surface area contributed by atoms with Crippen molar-refractivity contribution in [2.45, 2.75) is 42.1 Å². The number of thiazole rings is 1. The van der Waals surface area contributed by atoms with Crippen molar-refractivity contribution in [3.63, 3.8) is 0 Å². The Labute approximate surface area is 261 Å². The zero-order chi connectivity index (χ0) is 31.1. The first-order valence-corrected chi connectivity index (χ1v) is 16.2. The lowest BCUT2D eigenvalue weighted by Crippen LogP contribution is -2.71. The fourth-order valence-electron chi connectivity index (χ4n) is 3.71. The molecule has 2 aliphatic heterocycles. The van der Waals surface area contributed by atoms with Crippen LogP contribution in [0.2, 0.25) is 0 Å². The number of hydrogen-bond acceptors (Lipinski definition) is 15. The van der Waals surface area contributed by atoms with E-state index in [2.05, 4.69) is 36.3 Å². The quantitative estimate of drug-likeness (QED) is 0.0592. The predicted molar refractivity (Wildman–Crippen MR) is 159 cm³/mol. The van der Waals surface area contributed by atoms with Gasteiger partial charge in [-0.1, -0.05) is 28.3 Å². The average molecular weight is 671 g/mol. The van der Waals surface area contributed by atoms with Gasteiger partial charge >= 0.3 is 12.1 Å². The maximum absolute atomic E-state index is 13.3. The summed E-state index contributed by atoms with van der Waals surface area (Å²) in [5.41, 5.74) is 1.10. The molecule has 1 unspecified atom stereocenters. The smallest absolute Gasteiger partial charge is 0.407 e. The predicted octanol–water partition coefficient (Wildman–Crippen LogP) is 1.34. The number of amides is 4. The second kappa shape index (κ2) is 14.1. The molecule has 1 fully saturated rings. The molecule has 2 aromatic heterocycles. The SMILES string of the molecule is CC(C)(C)OC(=O)NCCON=C(C(=O)NC1C(=O)N2C(C(=O)O)=C(CSc3nncs3)CS[C@@H]12)c1csc(NC=O)n1. The number of fused-ring (bicyclic) bond motifs is 1. The number of carbonyl (C=O) groups excluding carboxylic acids is 4. The van der Waals surface area contributed by atoms with Crippen molar-refractivity contribution in [2.24, 2.45) is 5.16 Å². The molecule has 43 heavy (non-hydrogen) atoms. The van der Waals surface area contributed by atoms with Gasteiger partial charge in [-0.2, -0.15) is 0 Å². The number of carbonyl (C=O) groups is 5. The molecular weight excluding hydrogens is 645 g/mol. The Hall–Kier alpha value is -3.75. The van der Waals surface area contributed by atoms with Crippen LogP contribution in [0.25, 0.3) is 0 Å². The van der Waals surface area contributed by atoms with Gasteiger partial charge in [-0.3, -0.25) is 19.3 Å². The van der Waals surface area contributed by atoms with E-state index in [1.165, 1.54) is 45.1 Å².